The van der Waals surface area contributed by atoms with Gasteiger partial charge < -0.3 is 0 Å². The summed E-state index contributed by atoms with van der Waals surface area (Å²) in [5.74, 6) is -0.447. The van der Waals surface area contributed by atoms with E-state index in [4.69, 9.17) is 0 Å². The third-order valence-electron chi connectivity index (χ3n) is 3.24. The van der Waals surface area contributed by atoms with Crippen LogP contribution in [0.2, 0.25) is 0 Å². The number of carbonyl (C=O) groups excluding carboxylic acids is 2. The highest BCUT2D eigenvalue weighted by Crippen LogP contribution is 2.25. The Morgan fingerprint density at radius 1 is 1.00 bits per heavy atom. The molecule has 0 saturated heterocycles. The van der Waals surface area contributed by atoms with Crippen LogP contribution < -0.4 is 0 Å². The normalized spacial score (nSPS) is 10.7. The Morgan fingerprint density at radius 2 is 1.62 bits per heavy atom. The molecular weight excluding hydrogens is 367 g/mol. The van der Waals surface area contributed by atoms with Crippen LogP contribution in [-0.2, 0) is 9.59 Å². The second-order valence-corrected chi connectivity index (χ2v) is 7.48. The van der Waals surface area contributed by atoms with Crippen LogP contribution >= 0.6 is 23.5 Å². The van der Waals surface area contributed by atoms with Crippen LogP contribution in [0.25, 0.3) is 12.2 Å². The highest BCUT2D eigenvalue weighted by molar-refractivity contribution is 8.14. The zero-order chi connectivity index (χ0) is 19.1. The zero-order valence-corrected chi connectivity index (χ0v) is 15.8. The molecule has 2 nitrogen and oxygen atoms in total. The van der Waals surface area contributed by atoms with E-state index in [2.05, 4.69) is 13.2 Å². The Balaban J connectivity index is 2.06. The summed E-state index contributed by atoms with van der Waals surface area (Å²) >= 11 is 1.95. The van der Waals surface area contributed by atoms with E-state index in [-0.39, 0.29) is 15.1 Å². The standard InChI is InChI=1S/C21H17FO2S2/c1-4-20(23)26-19-12-9-16(13-18(19)22)6-5-15-7-10-17(11-8-15)25-21(24)14(2)3/h4-13H,1-2H2,3H3. The fourth-order valence-corrected chi connectivity index (χ4v) is 3.14. The first kappa shape index (κ1) is 19.9. The molecule has 2 aromatic rings. The summed E-state index contributed by atoms with van der Waals surface area (Å²) in [6, 6.07) is 12.2. The van der Waals surface area contributed by atoms with Crippen molar-refractivity contribution >= 4 is 45.9 Å². The molecule has 0 aliphatic heterocycles. The smallest absolute Gasteiger partial charge is 0.219 e. The Morgan fingerprint density at radius 3 is 2.19 bits per heavy atom. The fourth-order valence-electron chi connectivity index (χ4n) is 1.89. The lowest BCUT2D eigenvalue weighted by Gasteiger charge is -2.02. The van der Waals surface area contributed by atoms with Gasteiger partial charge in [0.05, 0.1) is 4.90 Å². The van der Waals surface area contributed by atoms with Crippen LogP contribution in [0.5, 0.6) is 0 Å². The minimum atomic E-state index is -0.447. The average molecular weight is 384 g/mol. The highest BCUT2D eigenvalue weighted by atomic mass is 32.2. The van der Waals surface area contributed by atoms with E-state index < -0.39 is 5.82 Å². The molecule has 0 amide bonds. The van der Waals surface area contributed by atoms with Gasteiger partial charge in [0.1, 0.15) is 5.82 Å². The number of carbonyl (C=O) groups is 2. The quantitative estimate of drug-likeness (QED) is 0.348. The van der Waals surface area contributed by atoms with Crippen LogP contribution in [0.1, 0.15) is 18.1 Å². The van der Waals surface area contributed by atoms with Crippen LogP contribution in [-0.4, -0.2) is 10.2 Å². The Kier molecular flexibility index (Phi) is 7.18. The van der Waals surface area contributed by atoms with Crippen molar-refractivity contribution in [3.8, 4) is 0 Å². The molecular formula is C21H17FO2S2. The molecule has 26 heavy (non-hydrogen) atoms. The highest BCUT2D eigenvalue weighted by Gasteiger charge is 2.07. The first-order valence-corrected chi connectivity index (χ1v) is 9.32. The summed E-state index contributed by atoms with van der Waals surface area (Å²) in [5.41, 5.74) is 2.13. The maximum Gasteiger partial charge on any atom is 0.219 e. The number of halogens is 1. The van der Waals surface area contributed by atoms with Crippen molar-refractivity contribution in [3.63, 3.8) is 0 Å². The molecule has 0 atom stereocenters. The van der Waals surface area contributed by atoms with Crippen molar-refractivity contribution in [2.75, 3.05) is 0 Å². The van der Waals surface area contributed by atoms with Gasteiger partial charge in [-0.1, -0.05) is 43.5 Å². The molecule has 0 aliphatic carbocycles. The molecule has 2 rings (SSSR count). The molecule has 0 bridgehead atoms. The number of hydrogen-bond acceptors (Lipinski definition) is 4. The summed E-state index contributed by atoms with van der Waals surface area (Å²) in [5, 5.41) is -0.355. The summed E-state index contributed by atoms with van der Waals surface area (Å²) < 4.78 is 14.0. The predicted octanol–water partition coefficient (Wildman–Crippen LogP) is 6.00. The lowest BCUT2D eigenvalue weighted by Crippen LogP contribution is -1.90. The predicted molar refractivity (Wildman–Crippen MR) is 109 cm³/mol. The summed E-state index contributed by atoms with van der Waals surface area (Å²) in [6.07, 6.45) is 4.79. The third kappa shape index (κ3) is 5.86. The summed E-state index contributed by atoms with van der Waals surface area (Å²) in [7, 11) is 0. The van der Waals surface area contributed by atoms with Crippen LogP contribution in [0.15, 0.2) is 77.1 Å². The second-order valence-electron chi connectivity index (χ2n) is 5.39. The molecule has 0 aromatic heterocycles. The molecule has 0 radical (unpaired) electrons. The lowest BCUT2D eigenvalue weighted by molar-refractivity contribution is -0.108. The Bertz CT molecular complexity index is 883. The van der Waals surface area contributed by atoms with Gasteiger partial charge in [-0.25, -0.2) is 4.39 Å². The van der Waals surface area contributed by atoms with Crippen molar-refractivity contribution < 1.29 is 14.0 Å². The molecule has 0 fully saturated rings. The number of thioether (sulfide) groups is 2. The van der Waals surface area contributed by atoms with E-state index in [9.17, 15) is 14.0 Å². The number of hydrogen-bond donors (Lipinski definition) is 0. The van der Waals surface area contributed by atoms with Gasteiger partial charge in [-0.15, -0.1) is 0 Å². The summed E-state index contributed by atoms with van der Waals surface area (Å²) in [6.45, 7) is 8.68. The van der Waals surface area contributed by atoms with Gasteiger partial charge in [0.25, 0.3) is 0 Å². The second kappa shape index (κ2) is 9.36. The van der Waals surface area contributed by atoms with E-state index >= 15 is 0 Å². The molecule has 0 aliphatic rings. The van der Waals surface area contributed by atoms with E-state index in [1.54, 1.807) is 25.1 Å². The lowest BCUT2D eigenvalue weighted by atomic mass is 10.1. The first-order valence-electron chi connectivity index (χ1n) is 7.68. The maximum absolute atomic E-state index is 14.0. The maximum atomic E-state index is 14.0. The van der Waals surface area contributed by atoms with E-state index in [0.29, 0.717) is 11.1 Å². The SMILES string of the molecule is C=CC(=O)Sc1ccc(C=Cc2ccc(SC(=O)C(=C)C)cc2)cc1F. The van der Waals surface area contributed by atoms with E-state index in [1.165, 1.54) is 6.07 Å². The molecule has 0 saturated carbocycles. The topological polar surface area (TPSA) is 34.1 Å². The molecule has 2 aromatic carbocycles. The molecule has 5 heteroatoms. The monoisotopic (exact) mass is 384 g/mol. The number of benzene rings is 2. The molecule has 0 spiro atoms. The van der Waals surface area contributed by atoms with Crippen LogP contribution in [0.4, 0.5) is 4.39 Å². The molecule has 0 unspecified atom stereocenters. The largest absolute Gasteiger partial charge is 0.282 e. The molecule has 0 heterocycles. The fraction of sp³-hybridized carbons (Fsp3) is 0.0476. The minimum absolute atomic E-state index is 0.0586. The molecule has 0 N–H and O–H groups in total. The average Bonchev–Trinajstić information content (AvgIpc) is 2.62. The van der Waals surface area contributed by atoms with Gasteiger partial charge in [0.2, 0.25) is 10.2 Å². The van der Waals surface area contributed by atoms with E-state index in [1.807, 2.05) is 30.3 Å². The van der Waals surface area contributed by atoms with E-state index in [0.717, 1.165) is 40.1 Å². The Labute approximate surface area is 160 Å². The van der Waals surface area contributed by atoms with Crippen molar-refractivity contribution in [1.29, 1.82) is 0 Å². The zero-order valence-electron chi connectivity index (χ0n) is 14.2. The van der Waals surface area contributed by atoms with Gasteiger partial charge in [-0.2, -0.15) is 0 Å². The van der Waals surface area contributed by atoms with Gasteiger partial charge in [0.15, 0.2) is 0 Å². The van der Waals surface area contributed by atoms with Crippen molar-refractivity contribution in [1.82, 2.24) is 0 Å². The van der Waals surface area contributed by atoms with Gasteiger partial charge >= 0.3 is 0 Å². The third-order valence-corrected chi connectivity index (χ3v) is 5.20. The summed E-state index contributed by atoms with van der Waals surface area (Å²) in [4.78, 5) is 24.1. The van der Waals surface area contributed by atoms with Gasteiger partial charge in [-0.3, -0.25) is 9.59 Å². The minimum Gasteiger partial charge on any atom is -0.282 e. The number of rotatable bonds is 6. The van der Waals surface area contributed by atoms with Crippen molar-refractivity contribution in [2.24, 2.45) is 0 Å². The molecule has 132 valence electrons. The van der Waals surface area contributed by atoms with Gasteiger partial charge in [-0.05, 0) is 77.5 Å². The first-order chi connectivity index (χ1) is 12.4. The van der Waals surface area contributed by atoms with Crippen LogP contribution in [0, 0.1) is 5.82 Å². The Hall–Kier alpha value is -2.37. The van der Waals surface area contributed by atoms with Crippen LogP contribution in [0.3, 0.4) is 0 Å². The van der Waals surface area contributed by atoms with Gasteiger partial charge in [0, 0.05) is 4.90 Å². The van der Waals surface area contributed by atoms with Crippen molar-refractivity contribution in [3.05, 3.63) is 84.2 Å². The van der Waals surface area contributed by atoms with Crippen molar-refractivity contribution in [2.45, 2.75) is 16.7 Å².